The largest absolute Gasteiger partial charge is 0.310 e. The van der Waals surface area contributed by atoms with Gasteiger partial charge in [0.15, 0.2) is 5.82 Å². The second kappa shape index (κ2) is 10.7. The molecule has 1 aromatic heterocycles. The molecule has 6 heteroatoms. The van der Waals surface area contributed by atoms with Crippen molar-refractivity contribution >= 4 is 28.1 Å². The number of hydrogen-bond donors (Lipinski definition) is 1. The Morgan fingerprint density at radius 1 is 1.17 bits per heavy atom. The Kier molecular flexibility index (Phi) is 8.34. The van der Waals surface area contributed by atoms with E-state index in [2.05, 4.69) is 45.1 Å². The first-order valence-corrected chi connectivity index (χ1v) is 10.6. The number of piperazine rings is 1. The fourth-order valence-electron chi connectivity index (χ4n) is 3.52. The summed E-state index contributed by atoms with van der Waals surface area (Å²) in [6.45, 7) is 15.5. The van der Waals surface area contributed by atoms with Crippen LogP contribution in [0.5, 0.6) is 0 Å². The molecule has 1 N–H and O–H groups in total. The van der Waals surface area contributed by atoms with E-state index in [-0.39, 0.29) is 5.56 Å². The fraction of sp³-hybridized carbons (Fsp3) is 0.435. The Balaban J connectivity index is 0.000000707. The Bertz CT molecular complexity index is 971. The first kappa shape index (κ1) is 22.6. The highest BCUT2D eigenvalue weighted by atomic mass is 16.1. The molecule has 0 saturated carbocycles. The minimum Gasteiger partial charge on any atom is -0.310 e. The number of rotatable bonds is 3. The molecule has 0 bridgehead atoms. The van der Waals surface area contributed by atoms with Crippen LogP contribution in [0.1, 0.15) is 41.5 Å². The highest BCUT2D eigenvalue weighted by molar-refractivity contribution is 6.14. The summed E-state index contributed by atoms with van der Waals surface area (Å²) in [6, 6.07) is 5.66. The van der Waals surface area contributed by atoms with Gasteiger partial charge in [0.05, 0.1) is 23.0 Å². The van der Waals surface area contributed by atoms with Crippen molar-refractivity contribution in [3.8, 4) is 0 Å². The molecule has 4 rings (SSSR count). The first-order chi connectivity index (χ1) is 14.2. The summed E-state index contributed by atoms with van der Waals surface area (Å²) in [5.41, 5.74) is 1.97. The molecule has 0 radical (unpaired) electrons. The smallest absolute Gasteiger partial charge is 0.272 e. The van der Waals surface area contributed by atoms with E-state index >= 15 is 0 Å². The summed E-state index contributed by atoms with van der Waals surface area (Å²) in [7, 11) is 0. The van der Waals surface area contributed by atoms with Gasteiger partial charge in [-0.05, 0) is 31.6 Å². The molecule has 0 atom stereocenters. The second-order valence-electron chi connectivity index (χ2n) is 6.33. The van der Waals surface area contributed by atoms with E-state index in [1.165, 1.54) is 5.57 Å². The fourth-order valence-corrected chi connectivity index (χ4v) is 3.52. The average molecular weight is 396 g/mol. The van der Waals surface area contributed by atoms with Gasteiger partial charge in [0.1, 0.15) is 5.84 Å². The van der Waals surface area contributed by atoms with E-state index in [0.717, 1.165) is 48.9 Å². The lowest BCUT2D eigenvalue weighted by atomic mass is 10.1. The van der Waals surface area contributed by atoms with Gasteiger partial charge in [-0.25, -0.2) is 10.1 Å². The van der Waals surface area contributed by atoms with Crippen molar-refractivity contribution in [3.05, 3.63) is 52.4 Å². The first-order valence-electron chi connectivity index (χ1n) is 10.6. The van der Waals surface area contributed by atoms with E-state index in [0.29, 0.717) is 5.39 Å². The minimum atomic E-state index is -0.165. The SMILES string of the molecule is C/C=C\C(=C/C)CN1CCN2C(=Nc3cccc4c(=O)[nH]nc2c34)C1.CC.CC. The molecule has 156 valence electrons. The number of fused-ring (bicyclic) bond motifs is 2. The number of aliphatic imine (C=N–C) groups is 1. The molecule has 0 aliphatic carbocycles. The standard InChI is InChI=1S/C19H21N5O.2C2H6/c1-3-6-13(4-2)11-23-9-10-24-16(12-23)20-15-8-5-7-14-17(15)18(24)21-22-19(14)25;2*1-2/h3-8H,9-12H2,1-2H3,(H,22,25);2*1-2H3/b6-3-,13-4+;;. The van der Waals surface area contributed by atoms with Gasteiger partial charge in [0.2, 0.25) is 0 Å². The summed E-state index contributed by atoms with van der Waals surface area (Å²) in [6.07, 6.45) is 6.37. The quantitative estimate of drug-likeness (QED) is 0.768. The zero-order valence-electron chi connectivity index (χ0n) is 18.5. The third kappa shape index (κ3) is 4.65. The number of nitrogens with one attached hydrogen (secondary N) is 1. The Morgan fingerprint density at radius 3 is 2.62 bits per heavy atom. The van der Waals surface area contributed by atoms with Gasteiger partial charge in [0.25, 0.3) is 5.56 Å². The van der Waals surface area contributed by atoms with Gasteiger partial charge in [-0.15, -0.1) is 0 Å². The normalized spacial score (nSPS) is 15.9. The van der Waals surface area contributed by atoms with E-state index < -0.39 is 0 Å². The highest BCUT2D eigenvalue weighted by Crippen LogP contribution is 2.36. The monoisotopic (exact) mass is 395 g/mol. The van der Waals surface area contributed by atoms with Gasteiger partial charge in [-0.1, -0.05) is 52.0 Å². The van der Waals surface area contributed by atoms with Gasteiger partial charge in [-0.2, -0.15) is 5.10 Å². The molecule has 0 amide bonds. The lowest BCUT2D eigenvalue weighted by Crippen LogP contribution is -2.52. The van der Waals surface area contributed by atoms with Crippen LogP contribution in [-0.4, -0.2) is 47.1 Å². The molecular weight excluding hydrogens is 362 g/mol. The van der Waals surface area contributed by atoms with Gasteiger partial charge >= 0.3 is 0 Å². The van der Waals surface area contributed by atoms with Crippen molar-refractivity contribution < 1.29 is 0 Å². The minimum absolute atomic E-state index is 0.165. The van der Waals surface area contributed by atoms with Crippen molar-refractivity contribution in [2.45, 2.75) is 41.5 Å². The predicted molar refractivity (Wildman–Crippen MR) is 125 cm³/mol. The highest BCUT2D eigenvalue weighted by Gasteiger charge is 2.30. The van der Waals surface area contributed by atoms with Crippen molar-refractivity contribution in [1.82, 2.24) is 15.1 Å². The number of hydrogen-bond acceptors (Lipinski definition) is 5. The number of H-pyrrole nitrogens is 1. The van der Waals surface area contributed by atoms with E-state index in [1.54, 1.807) is 0 Å². The summed E-state index contributed by atoms with van der Waals surface area (Å²) in [5.74, 6) is 1.80. The summed E-state index contributed by atoms with van der Waals surface area (Å²) in [4.78, 5) is 21.4. The molecule has 2 aliphatic heterocycles. The molecule has 0 spiro atoms. The van der Waals surface area contributed by atoms with Crippen LogP contribution in [0, 0.1) is 0 Å². The zero-order chi connectivity index (χ0) is 21.4. The van der Waals surface area contributed by atoms with Gasteiger partial charge in [0, 0.05) is 19.6 Å². The zero-order valence-corrected chi connectivity index (χ0v) is 18.5. The van der Waals surface area contributed by atoms with Gasteiger partial charge < -0.3 is 4.90 Å². The molecule has 1 fully saturated rings. The number of nitrogens with zero attached hydrogens (tertiary/aromatic N) is 4. The van der Waals surface area contributed by atoms with Crippen LogP contribution < -0.4 is 10.5 Å². The molecule has 1 aromatic carbocycles. The summed E-state index contributed by atoms with van der Waals surface area (Å²) < 4.78 is 0. The lowest BCUT2D eigenvalue weighted by molar-refractivity contribution is 0.331. The molecule has 2 aliphatic rings. The number of allylic oxidation sites excluding steroid dienone is 2. The van der Waals surface area contributed by atoms with Crippen LogP contribution >= 0.6 is 0 Å². The maximum atomic E-state index is 12.0. The van der Waals surface area contributed by atoms with Crippen LogP contribution in [0.4, 0.5) is 11.5 Å². The summed E-state index contributed by atoms with van der Waals surface area (Å²) in [5, 5.41) is 8.45. The molecule has 1 saturated heterocycles. The van der Waals surface area contributed by atoms with Crippen LogP contribution in [-0.2, 0) is 0 Å². The third-order valence-corrected chi connectivity index (χ3v) is 4.75. The Labute approximate surface area is 173 Å². The van der Waals surface area contributed by atoms with Crippen LogP contribution in [0.25, 0.3) is 10.8 Å². The second-order valence-corrected chi connectivity index (χ2v) is 6.33. The van der Waals surface area contributed by atoms with Crippen LogP contribution in [0.2, 0.25) is 0 Å². The molecule has 0 unspecified atom stereocenters. The Morgan fingerprint density at radius 2 is 1.93 bits per heavy atom. The van der Waals surface area contributed by atoms with Crippen molar-refractivity contribution in [1.29, 1.82) is 0 Å². The molecule has 6 nitrogen and oxygen atoms in total. The summed E-state index contributed by atoms with van der Waals surface area (Å²) >= 11 is 0. The third-order valence-electron chi connectivity index (χ3n) is 4.75. The van der Waals surface area contributed by atoms with Crippen molar-refractivity contribution in [3.63, 3.8) is 0 Å². The molecular formula is C23H33N5O. The molecule has 2 aromatic rings. The van der Waals surface area contributed by atoms with Crippen LogP contribution in [0.3, 0.4) is 0 Å². The number of aromatic nitrogens is 2. The molecule has 3 heterocycles. The Hall–Kier alpha value is -2.73. The van der Waals surface area contributed by atoms with E-state index in [9.17, 15) is 4.79 Å². The van der Waals surface area contributed by atoms with Gasteiger partial charge in [-0.3, -0.25) is 9.69 Å². The van der Waals surface area contributed by atoms with Crippen molar-refractivity contribution in [2.24, 2.45) is 4.99 Å². The number of amidine groups is 1. The maximum absolute atomic E-state index is 12.0. The maximum Gasteiger partial charge on any atom is 0.272 e. The van der Waals surface area contributed by atoms with Crippen LogP contribution in [0.15, 0.2) is 51.8 Å². The topological polar surface area (TPSA) is 64.6 Å². The lowest BCUT2D eigenvalue weighted by Gasteiger charge is -2.38. The van der Waals surface area contributed by atoms with E-state index in [4.69, 9.17) is 4.99 Å². The number of anilines is 1. The molecule has 29 heavy (non-hydrogen) atoms. The number of benzene rings is 1. The average Bonchev–Trinajstić information content (AvgIpc) is 2.78. The van der Waals surface area contributed by atoms with Crippen molar-refractivity contribution in [2.75, 3.05) is 31.1 Å². The predicted octanol–water partition coefficient (Wildman–Crippen LogP) is 4.66. The number of aromatic amines is 1. The van der Waals surface area contributed by atoms with E-state index in [1.807, 2.05) is 52.8 Å².